The number of halogens is 2. The Balaban J connectivity index is 1.91. The highest BCUT2D eigenvalue weighted by Gasteiger charge is 2.28. The predicted octanol–water partition coefficient (Wildman–Crippen LogP) is 4.11. The maximum Gasteiger partial charge on any atom is 0.162 e. The van der Waals surface area contributed by atoms with E-state index in [4.69, 9.17) is 37.4 Å². The summed E-state index contributed by atoms with van der Waals surface area (Å²) in [6.07, 6.45) is -0.398. The summed E-state index contributed by atoms with van der Waals surface area (Å²) in [5.74, 6) is 1.21. The first-order valence-corrected chi connectivity index (χ1v) is 8.51. The number of morpholine rings is 1. The summed E-state index contributed by atoms with van der Waals surface area (Å²) >= 11 is 12.0. The van der Waals surface area contributed by atoms with Crippen molar-refractivity contribution in [1.29, 1.82) is 0 Å². The average Bonchev–Trinajstić information content (AvgIpc) is 2.62. The molecule has 0 aliphatic carbocycles. The molecule has 0 aromatic heterocycles. The van der Waals surface area contributed by atoms with Crippen molar-refractivity contribution < 1.29 is 14.2 Å². The fourth-order valence-electron chi connectivity index (χ4n) is 2.67. The van der Waals surface area contributed by atoms with Gasteiger partial charge >= 0.3 is 0 Å². The van der Waals surface area contributed by atoms with Gasteiger partial charge in [-0.25, -0.2) is 0 Å². The molecule has 2 aromatic carbocycles. The van der Waals surface area contributed by atoms with Crippen LogP contribution in [0.4, 0.5) is 0 Å². The molecule has 1 unspecified atom stereocenters. The molecule has 1 N–H and O–H groups in total. The first kappa shape index (κ1) is 17.4. The monoisotopic (exact) mass is 367 g/mol. The summed E-state index contributed by atoms with van der Waals surface area (Å²) in [7, 11) is 1.59. The van der Waals surface area contributed by atoms with Crippen molar-refractivity contribution in [3.8, 4) is 11.5 Å². The third-order valence-electron chi connectivity index (χ3n) is 3.87. The third-order valence-corrected chi connectivity index (χ3v) is 4.36. The SMILES string of the molecule is COc1cc(Cl)ccc1O[C@@H](c1ccc(Cl)cc1)C1CNCCO1. The lowest BCUT2D eigenvalue weighted by Gasteiger charge is -2.32. The highest BCUT2D eigenvalue weighted by molar-refractivity contribution is 6.31. The van der Waals surface area contributed by atoms with E-state index in [9.17, 15) is 0 Å². The van der Waals surface area contributed by atoms with Crippen molar-refractivity contribution in [1.82, 2.24) is 5.32 Å². The number of hydrogen-bond donors (Lipinski definition) is 1. The van der Waals surface area contributed by atoms with Crippen LogP contribution in [0.2, 0.25) is 10.0 Å². The molecule has 6 heteroatoms. The molecule has 1 fully saturated rings. The number of hydrogen-bond acceptors (Lipinski definition) is 4. The number of benzene rings is 2. The molecular formula is C18H19Cl2NO3. The molecule has 3 rings (SSSR count). The lowest BCUT2D eigenvalue weighted by molar-refractivity contribution is -0.0438. The second-order valence-corrected chi connectivity index (χ2v) is 6.37. The average molecular weight is 368 g/mol. The van der Waals surface area contributed by atoms with E-state index in [1.807, 2.05) is 24.3 Å². The summed E-state index contributed by atoms with van der Waals surface area (Å²) in [5.41, 5.74) is 0.991. The van der Waals surface area contributed by atoms with Crippen LogP contribution in [0.3, 0.4) is 0 Å². The number of rotatable bonds is 5. The summed E-state index contributed by atoms with van der Waals surface area (Å²) in [5, 5.41) is 4.62. The van der Waals surface area contributed by atoms with Gasteiger partial charge in [0.2, 0.25) is 0 Å². The second-order valence-electron chi connectivity index (χ2n) is 5.50. The van der Waals surface area contributed by atoms with Gasteiger partial charge in [-0.15, -0.1) is 0 Å². The number of nitrogens with one attached hydrogen (secondary N) is 1. The molecule has 2 aromatic rings. The molecule has 0 spiro atoms. The van der Waals surface area contributed by atoms with Crippen molar-refractivity contribution in [3.63, 3.8) is 0 Å². The minimum absolute atomic E-state index is 0.111. The summed E-state index contributed by atoms with van der Waals surface area (Å²) in [6, 6.07) is 12.9. The van der Waals surface area contributed by atoms with Gasteiger partial charge in [0.05, 0.1) is 13.7 Å². The Morgan fingerprint density at radius 3 is 2.50 bits per heavy atom. The van der Waals surface area contributed by atoms with E-state index in [1.165, 1.54) is 0 Å². The van der Waals surface area contributed by atoms with E-state index in [0.29, 0.717) is 34.7 Å². The predicted molar refractivity (Wildman–Crippen MR) is 95.4 cm³/mol. The topological polar surface area (TPSA) is 39.7 Å². The molecule has 0 saturated carbocycles. The van der Waals surface area contributed by atoms with Crippen LogP contribution in [0, 0.1) is 0 Å². The normalized spacial score (nSPS) is 18.9. The van der Waals surface area contributed by atoms with Crippen molar-refractivity contribution in [3.05, 3.63) is 58.1 Å². The summed E-state index contributed by atoms with van der Waals surface area (Å²) < 4.78 is 17.6. The molecule has 2 atom stereocenters. The third kappa shape index (κ3) is 4.14. The first-order valence-electron chi connectivity index (χ1n) is 7.75. The van der Waals surface area contributed by atoms with Gasteiger partial charge in [-0.05, 0) is 29.8 Å². The number of methoxy groups -OCH3 is 1. The number of ether oxygens (including phenoxy) is 3. The molecule has 4 nitrogen and oxygen atoms in total. The van der Waals surface area contributed by atoms with E-state index >= 15 is 0 Å². The van der Waals surface area contributed by atoms with Crippen molar-refractivity contribution in [2.45, 2.75) is 12.2 Å². The zero-order valence-electron chi connectivity index (χ0n) is 13.3. The van der Waals surface area contributed by atoms with E-state index < -0.39 is 0 Å². The van der Waals surface area contributed by atoms with Crippen molar-refractivity contribution >= 4 is 23.2 Å². The molecule has 1 aliphatic heterocycles. The van der Waals surface area contributed by atoms with Gasteiger partial charge in [0.15, 0.2) is 17.6 Å². The van der Waals surface area contributed by atoms with E-state index in [-0.39, 0.29) is 12.2 Å². The van der Waals surface area contributed by atoms with Crippen LogP contribution in [0.1, 0.15) is 11.7 Å². The van der Waals surface area contributed by atoms with Crippen LogP contribution in [0.5, 0.6) is 11.5 Å². The summed E-state index contributed by atoms with van der Waals surface area (Å²) in [4.78, 5) is 0. The van der Waals surface area contributed by atoms with Gasteiger partial charge in [0, 0.05) is 29.2 Å². The molecule has 1 aliphatic rings. The zero-order valence-corrected chi connectivity index (χ0v) is 14.8. The Bertz CT molecular complexity index is 672. The Morgan fingerprint density at radius 2 is 1.83 bits per heavy atom. The van der Waals surface area contributed by atoms with Crippen LogP contribution >= 0.6 is 23.2 Å². The summed E-state index contributed by atoms with van der Waals surface area (Å²) in [6.45, 7) is 2.20. The Kier molecular flexibility index (Phi) is 5.85. The quantitative estimate of drug-likeness (QED) is 0.862. The molecule has 0 amide bonds. The van der Waals surface area contributed by atoms with Crippen LogP contribution in [0.25, 0.3) is 0 Å². The van der Waals surface area contributed by atoms with Crippen LogP contribution in [-0.2, 0) is 4.74 Å². The fraction of sp³-hybridized carbons (Fsp3) is 0.333. The van der Waals surface area contributed by atoms with Gasteiger partial charge in [0.25, 0.3) is 0 Å². The highest BCUT2D eigenvalue weighted by Crippen LogP contribution is 2.35. The molecule has 24 heavy (non-hydrogen) atoms. The van der Waals surface area contributed by atoms with Crippen LogP contribution < -0.4 is 14.8 Å². The standard InChI is InChI=1S/C18H19Cl2NO3/c1-22-16-10-14(20)6-7-15(16)24-18(17-11-21-8-9-23-17)12-2-4-13(19)5-3-12/h2-7,10,17-18,21H,8-9,11H2,1H3/t17?,18-/m0/s1. The minimum Gasteiger partial charge on any atom is -0.493 e. The molecule has 0 bridgehead atoms. The van der Waals surface area contributed by atoms with Gasteiger partial charge in [-0.1, -0.05) is 35.3 Å². The molecule has 128 valence electrons. The van der Waals surface area contributed by atoms with Crippen molar-refractivity contribution in [2.24, 2.45) is 0 Å². The van der Waals surface area contributed by atoms with E-state index in [0.717, 1.165) is 12.1 Å². The van der Waals surface area contributed by atoms with Gasteiger partial charge in [0.1, 0.15) is 6.10 Å². The maximum absolute atomic E-state index is 6.27. The van der Waals surface area contributed by atoms with Gasteiger partial charge < -0.3 is 19.5 Å². The van der Waals surface area contributed by atoms with Crippen LogP contribution in [-0.4, -0.2) is 32.9 Å². The first-order chi connectivity index (χ1) is 11.7. The molecule has 0 radical (unpaired) electrons. The van der Waals surface area contributed by atoms with E-state index in [1.54, 1.807) is 25.3 Å². The van der Waals surface area contributed by atoms with Gasteiger partial charge in [-0.3, -0.25) is 0 Å². The lowest BCUT2D eigenvalue weighted by atomic mass is 10.0. The lowest BCUT2D eigenvalue weighted by Crippen LogP contribution is -2.43. The molecule has 1 saturated heterocycles. The minimum atomic E-state index is -0.287. The smallest absolute Gasteiger partial charge is 0.162 e. The largest absolute Gasteiger partial charge is 0.493 e. The van der Waals surface area contributed by atoms with E-state index in [2.05, 4.69) is 5.32 Å². The highest BCUT2D eigenvalue weighted by atomic mass is 35.5. The maximum atomic E-state index is 6.27. The fourth-order valence-corrected chi connectivity index (χ4v) is 2.95. The van der Waals surface area contributed by atoms with Crippen LogP contribution in [0.15, 0.2) is 42.5 Å². The van der Waals surface area contributed by atoms with Gasteiger partial charge in [-0.2, -0.15) is 0 Å². The molecule has 1 heterocycles. The Morgan fingerprint density at radius 1 is 1.08 bits per heavy atom. The Labute approximate surface area is 151 Å². The molecular weight excluding hydrogens is 349 g/mol. The second kappa shape index (κ2) is 8.08. The van der Waals surface area contributed by atoms with Crippen molar-refractivity contribution in [2.75, 3.05) is 26.8 Å². The Hall–Kier alpha value is -1.46. The zero-order chi connectivity index (χ0) is 16.9.